The standard InChI is InChI=1S/C21H33N3O2/c1-17(2)19(23-20(25)18-11-6-5-7-12-18)21(26)22-13-10-16-24-14-8-3-4-9-15-24/h5-7,11-12,17,19H,3-4,8-10,13-16H2,1-2H3,(H,22,26)(H,23,25). The van der Waals surface area contributed by atoms with Gasteiger partial charge < -0.3 is 15.5 Å². The van der Waals surface area contributed by atoms with Gasteiger partial charge in [0.2, 0.25) is 5.91 Å². The second kappa shape index (κ2) is 11.0. The third-order valence-electron chi connectivity index (χ3n) is 4.92. The van der Waals surface area contributed by atoms with E-state index in [-0.39, 0.29) is 17.7 Å². The Morgan fingerprint density at radius 3 is 2.31 bits per heavy atom. The number of rotatable bonds is 8. The molecule has 0 aliphatic carbocycles. The zero-order valence-electron chi connectivity index (χ0n) is 16.2. The molecule has 5 heteroatoms. The molecule has 1 aromatic carbocycles. The minimum atomic E-state index is -0.513. The second-order valence-electron chi connectivity index (χ2n) is 7.46. The van der Waals surface area contributed by atoms with Gasteiger partial charge >= 0.3 is 0 Å². The van der Waals surface area contributed by atoms with Gasteiger partial charge in [0.1, 0.15) is 6.04 Å². The van der Waals surface area contributed by atoms with Crippen molar-refractivity contribution in [2.75, 3.05) is 26.2 Å². The highest BCUT2D eigenvalue weighted by Crippen LogP contribution is 2.10. The van der Waals surface area contributed by atoms with Crippen LogP contribution in [0.3, 0.4) is 0 Å². The lowest BCUT2D eigenvalue weighted by Gasteiger charge is -2.23. The number of carbonyl (C=O) groups excluding carboxylic acids is 2. The Labute approximate surface area is 157 Å². The first-order valence-corrected chi connectivity index (χ1v) is 9.94. The number of benzene rings is 1. The summed E-state index contributed by atoms with van der Waals surface area (Å²) in [7, 11) is 0. The summed E-state index contributed by atoms with van der Waals surface area (Å²) in [5.41, 5.74) is 0.576. The lowest BCUT2D eigenvalue weighted by molar-refractivity contribution is -0.123. The van der Waals surface area contributed by atoms with E-state index in [1.165, 1.54) is 38.8 Å². The maximum Gasteiger partial charge on any atom is 0.251 e. The number of amides is 2. The zero-order chi connectivity index (χ0) is 18.8. The van der Waals surface area contributed by atoms with Gasteiger partial charge in [-0.1, -0.05) is 44.9 Å². The molecular formula is C21H33N3O2. The molecule has 0 aromatic heterocycles. The van der Waals surface area contributed by atoms with E-state index < -0.39 is 6.04 Å². The van der Waals surface area contributed by atoms with Crippen LogP contribution in [-0.2, 0) is 4.79 Å². The maximum atomic E-state index is 12.5. The van der Waals surface area contributed by atoms with Crippen LogP contribution in [0.5, 0.6) is 0 Å². The van der Waals surface area contributed by atoms with Gasteiger partial charge in [-0.05, 0) is 56.9 Å². The normalized spacial score (nSPS) is 16.7. The molecule has 0 saturated carbocycles. The number of likely N-dealkylation sites (tertiary alicyclic amines) is 1. The number of hydrogen-bond acceptors (Lipinski definition) is 3. The van der Waals surface area contributed by atoms with Gasteiger partial charge in [-0.15, -0.1) is 0 Å². The summed E-state index contributed by atoms with van der Waals surface area (Å²) in [5.74, 6) is -0.266. The highest BCUT2D eigenvalue weighted by molar-refractivity contribution is 5.97. The van der Waals surface area contributed by atoms with E-state index in [1.54, 1.807) is 12.1 Å². The SMILES string of the molecule is CC(C)C(NC(=O)c1ccccc1)C(=O)NCCCN1CCCCCC1. The van der Waals surface area contributed by atoms with Crippen LogP contribution in [0.25, 0.3) is 0 Å². The Bertz CT molecular complexity index is 552. The second-order valence-corrected chi connectivity index (χ2v) is 7.46. The van der Waals surface area contributed by atoms with Crippen molar-refractivity contribution >= 4 is 11.8 Å². The predicted octanol–water partition coefficient (Wildman–Crippen LogP) is 2.82. The average molecular weight is 360 g/mol. The fraction of sp³-hybridized carbons (Fsp3) is 0.619. The number of carbonyl (C=O) groups is 2. The molecule has 5 nitrogen and oxygen atoms in total. The Morgan fingerprint density at radius 1 is 1.04 bits per heavy atom. The fourth-order valence-electron chi connectivity index (χ4n) is 3.33. The molecular weight excluding hydrogens is 326 g/mol. The molecule has 1 atom stereocenters. The van der Waals surface area contributed by atoms with Crippen molar-refractivity contribution in [3.05, 3.63) is 35.9 Å². The number of nitrogens with one attached hydrogen (secondary N) is 2. The third kappa shape index (κ3) is 6.79. The summed E-state index contributed by atoms with van der Waals surface area (Å²) in [4.78, 5) is 27.3. The highest BCUT2D eigenvalue weighted by Gasteiger charge is 2.24. The molecule has 1 aromatic rings. The van der Waals surface area contributed by atoms with Crippen LogP contribution in [-0.4, -0.2) is 48.9 Å². The summed E-state index contributed by atoms with van der Waals surface area (Å²) in [6.07, 6.45) is 6.19. The first-order valence-electron chi connectivity index (χ1n) is 9.94. The van der Waals surface area contributed by atoms with Crippen molar-refractivity contribution in [1.29, 1.82) is 0 Å². The Kier molecular flexibility index (Phi) is 8.62. The summed E-state index contributed by atoms with van der Waals surface area (Å²) in [6.45, 7) is 7.94. The molecule has 1 aliphatic rings. The van der Waals surface area contributed by atoms with Crippen LogP contribution >= 0.6 is 0 Å². The maximum absolute atomic E-state index is 12.5. The van der Waals surface area contributed by atoms with E-state index in [4.69, 9.17) is 0 Å². The lowest BCUT2D eigenvalue weighted by atomic mass is 10.0. The molecule has 2 N–H and O–H groups in total. The van der Waals surface area contributed by atoms with Crippen molar-refractivity contribution in [3.8, 4) is 0 Å². The number of nitrogens with zero attached hydrogens (tertiary/aromatic N) is 1. The van der Waals surface area contributed by atoms with Crippen LogP contribution in [0.15, 0.2) is 30.3 Å². The Hall–Kier alpha value is -1.88. The van der Waals surface area contributed by atoms with Gasteiger partial charge in [-0.3, -0.25) is 9.59 Å². The summed E-state index contributed by atoms with van der Waals surface area (Å²) in [5, 5.41) is 5.87. The minimum absolute atomic E-state index is 0.0354. The van der Waals surface area contributed by atoms with Crippen LogP contribution in [0, 0.1) is 5.92 Å². The smallest absolute Gasteiger partial charge is 0.251 e. The topological polar surface area (TPSA) is 61.4 Å². The molecule has 1 aliphatic heterocycles. The molecule has 1 heterocycles. The van der Waals surface area contributed by atoms with Crippen molar-refractivity contribution in [3.63, 3.8) is 0 Å². The van der Waals surface area contributed by atoms with Crippen LogP contribution < -0.4 is 10.6 Å². The first-order chi connectivity index (χ1) is 12.6. The van der Waals surface area contributed by atoms with E-state index >= 15 is 0 Å². The summed E-state index contributed by atoms with van der Waals surface area (Å²) < 4.78 is 0. The Balaban J connectivity index is 1.76. The molecule has 2 amide bonds. The zero-order valence-corrected chi connectivity index (χ0v) is 16.2. The molecule has 144 valence electrons. The van der Waals surface area contributed by atoms with Crippen molar-refractivity contribution in [2.24, 2.45) is 5.92 Å². The molecule has 1 unspecified atom stereocenters. The van der Waals surface area contributed by atoms with Crippen molar-refractivity contribution < 1.29 is 9.59 Å². The van der Waals surface area contributed by atoms with E-state index in [9.17, 15) is 9.59 Å². The molecule has 26 heavy (non-hydrogen) atoms. The number of hydrogen-bond donors (Lipinski definition) is 2. The van der Waals surface area contributed by atoms with Crippen LogP contribution in [0.4, 0.5) is 0 Å². The van der Waals surface area contributed by atoms with E-state index in [2.05, 4.69) is 15.5 Å². The van der Waals surface area contributed by atoms with Crippen LogP contribution in [0.2, 0.25) is 0 Å². The quantitative estimate of drug-likeness (QED) is 0.702. The van der Waals surface area contributed by atoms with E-state index in [0.717, 1.165) is 13.0 Å². The lowest BCUT2D eigenvalue weighted by Crippen LogP contribution is -2.50. The Morgan fingerprint density at radius 2 is 1.69 bits per heavy atom. The van der Waals surface area contributed by atoms with Gasteiger partial charge in [0, 0.05) is 12.1 Å². The summed E-state index contributed by atoms with van der Waals surface area (Å²) >= 11 is 0. The molecule has 0 bridgehead atoms. The predicted molar refractivity (Wildman–Crippen MR) is 105 cm³/mol. The van der Waals surface area contributed by atoms with Gasteiger partial charge in [0.25, 0.3) is 5.91 Å². The minimum Gasteiger partial charge on any atom is -0.354 e. The van der Waals surface area contributed by atoms with Gasteiger partial charge in [0.05, 0.1) is 0 Å². The highest BCUT2D eigenvalue weighted by atomic mass is 16.2. The van der Waals surface area contributed by atoms with E-state index in [0.29, 0.717) is 12.1 Å². The van der Waals surface area contributed by atoms with Crippen molar-refractivity contribution in [1.82, 2.24) is 15.5 Å². The van der Waals surface area contributed by atoms with E-state index in [1.807, 2.05) is 32.0 Å². The summed E-state index contributed by atoms with van der Waals surface area (Å²) in [6, 6.07) is 8.51. The largest absolute Gasteiger partial charge is 0.354 e. The molecule has 0 spiro atoms. The fourth-order valence-corrected chi connectivity index (χ4v) is 3.33. The molecule has 1 saturated heterocycles. The third-order valence-corrected chi connectivity index (χ3v) is 4.92. The molecule has 1 fully saturated rings. The van der Waals surface area contributed by atoms with Gasteiger partial charge in [0.15, 0.2) is 0 Å². The monoisotopic (exact) mass is 359 g/mol. The molecule has 0 radical (unpaired) electrons. The van der Waals surface area contributed by atoms with Gasteiger partial charge in [-0.2, -0.15) is 0 Å². The molecule has 2 rings (SSSR count). The van der Waals surface area contributed by atoms with Gasteiger partial charge in [-0.25, -0.2) is 0 Å². The average Bonchev–Trinajstić information content (AvgIpc) is 2.92. The van der Waals surface area contributed by atoms with Crippen molar-refractivity contribution in [2.45, 2.75) is 52.0 Å². The van der Waals surface area contributed by atoms with Crippen LogP contribution in [0.1, 0.15) is 56.3 Å². The first kappa shape index (κ1) is 20.4.